The van der Waals surface area contributed by atoms with Gasteiger partial charge in [0.15, 0.2) is 5.13 Å². The third-order valence-electron chi connectivity index (χ3n) is 5.11. The van der Waals surface area contributed by atoms with E-state index in [1.54, 1.807) is 41.8 Å². The fourth-order valence-corrected chi connectivity index (χ4v) is 5.05. The third kappa shape index (κ3) is 5.53. The Morgan fingerprint density at radius 1 is 0.917 bits per heavy atom. The predicted molar refractivity (Wildman–Crippen MR) is 137 cm³/mol. The molecular weight excluding hydrogens is 502 g/mol. The predicted octanol–water partition coefficient (Wildman–Crippen LogP) is 4.66. The molecule has 36 heavy (non-hydrogen) atoms. The van der Waals surface area contributed by atoms with Crippen LogP contribution in [0.1, 0.15) is 20.7 Å². The first-order valence-corrected chi connectivity index (χ1v) is 12.9. The standard InChI is InChI=1S/C25H21N3O6S2/c1-33-18-11-13-19(14-12-18)36(31,32)28-21-6-4-3-5-20(21)23(29)27-25-26-22(15-35-25)16-7-9-17(10-8-16)24(30)34-2/h3-15,28H,1-2H3,(H,26,27,29). The molecule has 0 atom stereocenters. The number of esters is 1. The van der Waals surface area contributed by atoms with E-state index in [-0.39, 0.29) is 16.1 Å². The van der Waals surface area contributed by atoms with Crippen molar-refractivity contribution in [1.29, 1.82) is 0 Å². The molecule has 184 valence electrons. The first-order chi connectivity index (χ1) is 17.3. The highest BCUT2D eigenvalue weighted by Crippen LogP contribution is 2.27. The number of benzene rings is 3. The molecule has 0 bridgehead atoms. The first-order valence-electron chi connectivity index (χ1n) is 10.5. The summed E-state index contributed by atoms with van der Waals surface area (Å²) in [6.07, 6.45) is 0. The molecule has 3 aromatic carbocycles. The number of anilines is 2. The maximum atomic E-state index is 13.0. The highest BCUT2D eigenvalue weighted by atomic mass is 32.2. The minimum absolute atomic E-state index is 0.0290. The van der Waals surface area contributed by atoms with Crippen molar-refractivity contribution in [2.45, 2.75) is 4.90 Å². The Morgan fingerprint density at radius 2 is 1.61 bits per heavy atom. The highest BCUT2D eigenvalue weighted by molar-refractivity contribution is 7.92. The molecule has 4 aromatic rings. The van der Waals surface area contributed by atoms with Crippen LogP contribution in [0.15, 0.2) is 83.1 Å². The number of ether oxygens (including phenoxy) is 2. The number of aromatic nitrogens is 1. The number of rotatable bonds is 8. The summed E-state index contributed by atoms with van der Waals surface area (Å²) in [5, 5.41) is 4.81. The van der Waals surface area contributed by atoms with Crippen LogP contribution in [0.5, 0.6) is 5.75 Å². The van der Waals surface area contributed by atoms with E-state index in [1.165, 1.54) is 62.0 Å². The van der Waals surface area contributed by atoms with Crippen molar-refractivity contribution < 1.29 is 27.5 Å². The lowest BCUT2D eigenvalue weighted by Gasteiger charge is -2.12. The molecule has 0 aliphatic carbocycles. The minimum Gasteiger partial charge on any atom is -0.497 e. The van der Waals surface area contributed by atoms with Gasteiger partial charge in [-0.25, -0.2) is 18.2 Å². The molecule has 0 radical (unpaired) electrons. The van der Waals surface area contributed by atoms with E-state index in [1.807, 2.05) is 0 Å². The van der Waals surface area contributed by atoms with Crippen LogP contribution >= 0.6 is 11.3 Å². The van der Waals surface area contributed by atoms with Crippen molar-refractivity contribution in [1.82, 2.24) is 4.98 Å². The van der Waals surface area contributed by atoms with Gasteiger partial charge in [0.1, 0.15) is 5.75 Å². The van der Waals surface area contributed by atoms with Gasteiger partial charge in [0.05, 0.1) is 41.6 Å². The normalized spacial score (nSPS) is 10.9. The number of sulfonamides is 1. The van der Waals surface area contributed by atoms with E-state index >= 15 is 0 Å². The summed E-state index contributed by atoms with van der Waals surface area (Å²) in [5.74, 6) is -0.435. The van der Waals surface area contributed by atoms with Gasteiger partial charge in [0.25, 0.3) is 15.9 Å². The molecule has 2 N–H and O–H groups in total. The van der Waals surface area contributed by atoms with Gasteiger partial charge in [-0.05, 0) is 48.5 Å². The van der Waals surface area contributed by atoms with Crippen molar-refractivity contribution in [2.75, 3.05) is 24.3 Å². The van der Waals surface area contributed by atoms with Gasteiger partial charge in [-0.3, -0.25) is 14.8 Å². The molecule has 0 saturated heterocycles. The quantitative estimate of drug-likeness (QED) is 0.322. The SMILES string of the molecule is COC(=O)c1ccc(-c2csc(NC(=O)c3ccccc3NS(=O)(=O)c3ccc(OC)cc3)n2)cc1. The molecule has 0 spiro atoms. The van der Waals surface area contributed by atoms with Gasteiger partial charge in [-0.15, -0.1) is 11.3 Å². The summed E-state index contributed by atoms with van der Waals surface area (Å²) < 4.78 is 38.0. The zero-order chi connectivity index (χ0) is 25.7. The summed E-state index contributed by atoms with van der Waals surface area (Å²) in [6, 6.07) is 18.9. The summed E-state index contributed by atoms with van der Waals surface area (Å²) in [5.41, 5.74) is 2.04. The number of thiazole rings is 1. The number of carbonyl (C=O) groups excluding carboxylic acids is 2. The molecule has 1 heterocycles. The van der Waals surface area contributed by atoms with E-state index in [0.717, 1.165) is 5.56 Å². The fourth-order valence-electron chi connectivity index (χ4n) is 3.25. The Morgan fingerprint density at radius 3 is 2.28 bits per heavy atom. The fraction of sp³-hybridized carbons (Fsp3) is 0.0800. The average molecular weight is 524 g/mol. The Kier molecular flexibility index (Phi) is 7.32. The molecule has 0 aliphatic rings. The lowest BCUT2D eigenvalue weighted by atomic mass is 10.1. The maximum Gasteiger partial charge on any atom is 0.337 e. The van der Waals surface area contributed by atoms with Crippen molar-refractivity contribution >= 4 is 44.1 Å². The van der Waals surface area contributed by atoms with E-state index in [4.69, 9.17) is 9.47 Å². The topological polar surface area (TPSA) is 124 Å². The van der Waals surface area contributed by atoms with Gasteiger partial charge < -0.3 is 9.47 Å². The number of carbonyl (C=O) groups is 2. The van der Waals surface area contributed by atoms with Crippen molar-refractivity contribution in [3.05, 3.63) is 89.3 Å². The van der Waals surface area contributed by atoms with Crippen LogP contribution in [-0.4, -0.2) is 39.5 Å². The molecule has 4 rings (SSSR count). The van der Waals surface area contributed by atoms with Gasteiger partial charge in [0.2, 0.25) is 0 Å². The van der Waals surface area contributed by atoms with Gasteiger partial charge in [-0.1, -0.05) is 24.3 Å². The molecule has 0 fully saturated rings. The van der Waals surface area contributed by atoms with Crippen molar-refractivity contribution in [2.24, 2.45) is 0 Å². The largest absolute Gasteiger partial charge is 0.497 e. The van der Waals surface area contributed by atoms with Crippen LogP contribution in [0.3, 0.4) is 0 Å². The van der Waals surface area contributed by atoms with Crippen molar-refractivity contribution in [3.8, 4) is 17.0 Å². The van der Waals surface area contributed by atoms with Gasteiger partial charge in [0, 0.05) is 10.9 Å². The summed E-state index contributed by atoms with van der Waals surface area (Å²) in [6.45, 7) is 0. The van der Waals surface area contributed by atoms with Crippen LogP contribution in [0.2, 0.25) is 0 Å². The average Bonchev–Trinajstić information content (AvgIpc) is 3.36. The molecular formula is C25H21N3O6S2. The number of para-hydroxylation sites is 1. The van der Waals surface area contributed by atoms with E-state index in [2.05, 4.69) is 15.0 Å². The van der Waals surface area contributed by atoms with E-state index in [0.29, 0.717) is 22.1 Å². The van der Waals surface area contributed by atoms with Crippen LogP contribution in [0, 0.1) is 0 Å². The molecule has 0 saturated carbocycles. The van der Waals surface area contributed by atoms with E-state index < -0.39 is 21.9 Å². The van der Waals surface area contributed by atoms with Crippen LogP contribution < -0.4 is 14.8 Å². The highest BCUT2D eigenvalue weighted by Gasteiger charge is 2.19. The number of nitrogens with one attached hydrogen (secondary N) is 2. The van der Waals surface area contributed by atoms with Gasteiger partial charge in [-0.2, -0.15) is 0 Å². The van der Waals surface area contributed by atoms with Crippen molar-refractivity contribution in [3.63, 3.8) is 0 Å². The van der Waals surface area contributed by atoms with Crippen LogP contribution in [-0.2, 0) is 14.8 Å². The molecule has 9 nitrogen and oxygen atoms in total. The molecule has 0 aliphatic heterocycles. The van der Waals surface area contributed by atoms with Crippen LogP contribution in [0.25, 0.3) is 11.3 Å². The summed E-state index contributed by atoms with van der Waals surface area (Å²) in [7, 11) is -1.14. The smallest absolute Gasteiger partial charge is 0.337 e. The Hall–Kier alpha value is -4.22. The number of methoxy groups -OCH3 is 2. The number of hydrogen-bond acceptors (Lipinski definition) is 8. The summed E-state index contributed by atoms with van der Waals surface area (Å²) >= 11 is 1.22. The lowest BCUT2D eigenvalue weighted by Crippen LogP contribution is -2.18. The Bertz CT molecular complexity index is 1500. The Balaban J connectivity index is 1.50. The summed E-state index contributed by atoms with van der Waals surface area (Å²) in [4.78, 5) is 29.1. The number of amides is 1. The molecule has 0 unspecified atom stereocenters. The zero-order valence-corrected chi connectivity index (χ0v) is 20.9. The molecule has 11 heteroatoms. The minimum atomic E-state index is -3.94. The Labute approximate surface area is 211 Å². The van der Waals surface area contributed by atoms with Crippen LogP contribution in [0.4, 0.5) is 10.8 Å². The second-order valence-corrected chi connectivity index (χ2v) is 9.93. The second-order valence-electron chi connectivity index (χ2n) is 7.39. The molecule has 1 aromatic heterocycles. The lowest BCUT2D eigenvalue weighted by molar-refractivity contribution is 0.0600. The molecule has 1 amide bonds. The monoisotopic (exact) mass is 523 g/mol. The third-order valence-corrected chi connectivity index (χ3v) is 7.25. The zero-order valence-electron chi connectivity index (χ0n) is 19.2. The van der Waals surface area contributed by atoms with Gasteiger partial charge >= 0.3 is 5.97 Å². The first kappa shape index (κ1) is 24.9. The number of nitrogens with zero attached hydrogens (tertiary/aromatic N) is 1. The number of hydrogen-bond donors (Lipinski definition) is 2. The second kappa shape index (κ2) is 10.6. The maximum absolute atomic E-state index is 13.0. The van der Waals surface area contributed by atoms with E-state index in [9.17, 15) is 18.0 Å².